The number of carboxylic acids is 1. The molecule has 0 aliphatic heterocycles. The zero-order valence-electron chi connectivity index (χ0n) is 10.6. The number of hydrogen-bond acceptors (Lipinski definition) is 4. The van der Waals surface area contributed by atoms with Crippen molar-refractivity contribution in [3.8, 4) is 0 Å². The second-order valence-electron chi connectivity index (χ2n) is 4.46. The summed E-state index contributed by atoms with van der Waals surface area (Å²) in [5.41, 5.74) is 2.05. The Kier molecular flexibility index (Phi) is 5.27. The Morgan fingerprint density at radius 2 is 2.16 bits per heavy atom. The van der Waals surface area contributed by atoms with Crippen LogP contribution in [0.2, 0.25) is 0 Å². The van der Waals surface area contributed by atoms with Gasteiger partial charge in [0, 0.05) is 22.6 Å². The molecule has 0 fully saturated rings. The lowest BCUT2D eigenvalue weighted by molar-refractivity contribution is -0.133. The summed E-state index contributed by atoms with van der Waals surface area (Å²) in [6, 6.07) is 0. The maximum absolute atomic E-state index is 12.0. The molecule has 0 spiro atoms. The topological polar surface area (TPSA) is 66.4 Å². The van der Waals surface area contributed by atoms with E-state index in [1.807, 2.05) is 5.38 Å². The van der Waals surface area contributed by atoms with Crippen LogP contribution in [0.25, 0.3) is 0 Å². The molecule has 2 N–H and O–H groups in total. The highest BCUT2D eigenvalue weighted by atomic mass is 32.2. The highest BCUT2D eigenvalue weighted by Crippen LogP contribution is 2.30. The number of thiophene rings is 1. The van der Waals surface area contributed by atoms with Crippen molar-refractivity contribution in [1.82, 2.24) is 5.32 Å². The van der Waals surface area contributed by atoms with Gasteiger partial charge in [-0.2, -0.15) is 0 Å². The maximum Gasteiger partial charge on any atom is 0.313 e. The average Bonchev–Trinajstić information content (AvgIpc) is 2.81. The van der Waals surface area contributed by atoms with E-state index in [4.69, 9.17) is 5.11 Å². The van der Waals surface area contributed by atoms with Crippen LogP contribution in [0.5, 0.6) is 0 Å². The van der Waals surface area contributed by atoms with Gasteiger partial charge in [0.2, 0.25) is 0 Å². The molecule has 0 atom stereocenters. The Morgan fingerprint density at radius 1 is 1.37 bits per heavy atom. The van der Waals surface area contributed by atoms with Crippen molar-refractivity contribution in [3.05, 3.63) is 21.4 Å². The molecule has 0 unspecified atom stereocenters. The summed E-state index contributed by atoms with van der Waals surface area (Å²) in [4.78, 5) is 23.7. The molecule has 1 amide bonds. The molecular weight excluding hydrogens is 282 g/mol. The first-order chi connectivity index (χ1) is 9.18. The summed E-state index contributed by atoms with van der Waals surface area (Å²) in [7, 11) is 0. The van der Waals surface area contributed by atoms with Crippen LogP contribution in [-0.4, -0.2) is 35.0 Å². The molecule has 1 aliphatic rings. The number of carbonyl (C=O) groups is 2. The summed E-state index contributed by atoms with van der Waals surface area (Å²) in [5.74, 6) is -0.118. The quantitative estimate of drug-likeness (QED) is 0.790. The summed E-state index contributed by atoms with van der Waals surface area (Å²) in [6.07, 6.45) is 4.50. The second kappa shape index (κ2) is 6.96. The lowest BCUT2D eigenvalue weighted by atomic mass is 9.96. The number of aryl methyl sites for hydroxylation is 1. The molecule has 6 heteroatoms. The Balaban J connectivity index is 1.80. The van der Waals surface area contributed by atoms with Crippen LogP contribution in [0.4, 0.5) is 0 Å². The lowest BCUT2D eigenvalue weighted by Gasteiger charge is -2.12. The normalized spacial score (nSPS) is 13.9. The van der Waals surface area contributed by atoms with Gasteiger partial charge in [-0.3, -0.25) is 9.59 Å². The van der Waals surface area contributed by atoms with Crippen LogP contribution in [-0.2, 0) is 17.6 Å². The number of aliphatic carboxylic acids is 1. The smallest absolute Gasteiger partial charge is 0.313 e. The van der Waals surface area contributed by atoms with E-state index in [1.54, 1.807) is 11.3 Å². The number of fused-ring (bicyclic) bond motifs is 1. The van der Waals surface area contributed by atoms with Crippen LogP contribution in [0, 0.1) is 0 Å². The first kappa shape index (κ1) is 14.4. The minimum Gasteiger partial charge on any atom is -0.481 e. The molecule has 0 bridgehead atoms. The Bertz CT molecular complexity index is 470. The Morgan fingerprint density at radius 3 is 2.95 bits per heavy atom. The molecule has 4 nitrogen and oxygen atoms in total. The predicted octanol–water partition coefficient (Wildman–Crippen LogP) is 2.17. The summed E-state index contributed by atoms with van der Waals surface area (Å²) < 4.78 is 0. The molecule has 19 heavy (non-hydrogen) atoms. The molecule has 0 radical (unpaired) electrons. The molecule has 2 rings (SSSR count). The van der Waals surface area contributed by atoms with Gasteiger partial charge >= 0.3 is 5.97 Å². The maximum atomic E-state index is 12.0. The monoisotopic (exact) mass is 299 g/mol. The van der Waals surface area contributed by atoms with E-state index in [9.17, 15) is 9.59 Å². The van der Waals surface area contributed by atoms with E-state index in [1.165, 1.54) is 35.0 Å². The number of nitrogens with one attached hydrogen (secondary N) is 1. The van der Waals surface area contributed by atoms with Gasteiger partial charge in [0.15, 0.2) is 0 Å². The SMILES string of the molecule is O=C(O)CSCCNC(=O)c1csc2c1CCCC2. The summed E-state index contributed by atoms with van der Waals surface area (Å²) in [6.45, 7) is 0.515. The third-order valence-corrected chi connectivity index (χ3v) is 5.10. The predicted molar refractivity (Wildman–Crippen MR) is 78.3 cm³/mol. The van der Waals surface area contributed by atoms with Gasteiger partial charge in [-0.15, -0.1) is 23.1 Å². The van der Waals surface area contributed by atoms with Gasteiger partial charge in [0.05, 0.1) is 11.3 Å². The van der Waals surface area contributed by atoms with Crippen molar-refractivity contribution in [2.75, 3.05) is 18.1 Å². The van der Waals surface area contributed by atoms with Gasteiger partial charge in [0.1, 0.15) is 0 Å². The third-order valence-electron chi connectivity index (χ3n) is 3.06. The molecule has 0 aromatic carbocycles. The number of hydrogen-bond donors (Lipinski definition) is 2. The zero-order chi connectivity index (χ0) is 13.7. The standard InChI is InChI=1S/C13H17NO3S2/c15-12(16)8-18-6-5-14-13(17)10-7-19-11-4-2-1-3-9(10)11/h7H,1-6,8H2,(H,14,17)(H,15,16). The largest absolute Gasteiger partial charge is 0.481 e. The van der Waals surface area contributed by atoms with Crippen molar-refractivity contribution in [2.24, 2.45) is 0 Å². The summed E-state index contributed by atoms with van der Waals surface area (Å²) >= 11 is 3.00. The van der Waals surface area contributed by atoms with E-state index >= 15 is 0 Å². The van der Waals surface area contributed by atoms with E-state index in [-0.39, 0.29) is 11.7 Å². The number of rotatable bonds is 6. The first-order valence-electron chi connectivity index (χ1n) is 6.35. The van der Waals surface area contributed by atoms with Gasteiger partial charge in [-0.05, 0) is 31.2 Å². The fourth-order valence-electron chi connectivity index (χ4n) is 2.18. The van der Waals surface area contributed by atoms with E-state index in [0.29, 0.717) is 12.3 Å². The van der Waals surface area contributed by atoms with Crippen LogP contribution in [0.15, 0.2) is 5.38 Å². The van der Waals surface area contributed by atoms with Gasteiger partial charge in [-0.1, -0.05) is 0 Å². The fourth-order valence-corrected chi connectivity index (χ4v) is 3.87. The van der Waals surface area contributed by atoms with Crippen LogP contribution < -0.4 is 5.32 Å². The molecule has 0 saturated heterocycles. The molecule has 104 valence electrons. The van der Waals surface area contributed by atoms with E-state index in [2.05, 4.69) is 5.32 Å². The number of thioether (sulfide) groups is 1. The number of carbonyl (C=O) groups excluding carboxylic acids is 1. The first-order valence-corrected chi connectivity index (χ1v) is 8.39. The van der Waals surface area contributed by atoms with E-state index < -0.39 is 5.97 Å². The van der Waals surface area contributed by atoms with Crippen LogP contribution in [0.1, 0.15) is 33.6 Å². The van der Waals surface area contributed by atoms with Crippen molar-refractivity contribution in [1.29, 1.82) is 0 Å². The average molecular weight is 299 g/mol. The number of amides is 1. The number of carboxylic acid groups (broad SMARTS) is 1. The van der Waals surface area contributed by atoms with Crippen molar-refractivity contribution >= 4 is 35.0 Å². The Labute approximate surface area is 120 Å². The van der Waals surface area contributed by atoms with Gasteiger partial charge in [0.25, 0.3) is 5.91 Å². The molecule has 1 aromatic heterocycles. The molecule has 1 heterocycles. The lowest BCUT2D eigenvalue weighted by Crippen LogP contribution is -2.26. The molecule has 0 saturated carbocycles. The van der Waals surface area contributed by atoms with Crippen molar-refractivity contribution in [3.63, 3.8) is 0 Å². The van der Waals surface area contributed by atoms with Crippen molar-refractivity contribution in [2.45, 2.75) is 25.7 Å². The Hall–Kier alpha value is -1.01. The highest BCUT2D eigenvalue weighted by molar-refractivity contribution is 7.99. The zero-order valence-corrected chi connectivity index (χ0v) is 12.2. The summed E-state index contributed by atoms with van der Waals surface area (Å²) in [5, 5.41) is 13.3. The minimum absolute atomic E-state index is 0.0182. The van der Waals surface area contributed by atoms with Gasteiger partial charge in [-0.25, -0.2) is 0 Å². The molecule has 1 aliphatic carbocycles. The minimum atomic E-state index is -0.816. The fraction of sp³-hybridized carbons (Fsp3) is 0.538. The second-order valence-corrected chi connectivity index (χ2v) is 6.53. The third kappa shape index (κ3) is 3.98. The molecular formula is C13H17NO3S2. The van der Waals surface area contributed by atoms with Crippen LogP contribution in [0.3, 0.4) is 0 Å². The van der Waals surface area contributed by atoms with E-state index in [0.717, 1.165) is 18.4 Å². The molecule has 1 aromatic rings. The highest BCUT2D eigenvalue weighted by Gasteiger charge is 2.19. The van der Waals surface area contributed by atoms with Crippen molar-refractivity contribution < 1.29 is 14.7 Å². The van der Waals surface area contributed by atoms with Crippen LogP contribution >= 0.6 is 23.1 Å². The van der Waals surface area contributed by atoms with Gasteiger partial charge < -0.3 is 10.4 Å².